The number of aliphatic hydroxyl groups is 1. The van der Waals surface area contributed by atoms with Gasteiger partial charge in [-0.3, -0.25) is 9.78 Å². The molecule has 0 aliphatic rings. The van der Waals surface area contributed by atoms with Crippen LogP contribution in [0.5, 0.6) is 0 Å². The van der Waals surface area contributed by atoms with Gasteiger partial charge in [-0.1, -0.05) is 13.0 Å². The van der Waals surface area contributed by atoms with Gasteiger partial charge in [0.05, 0.1) is 0 Å². The molecule has 2 N–H and O–H groups in total. The number of aromatic nitrogens is 1. The number of nitrogens with zero attached hydrogens (tertiary/aromatic N) is 1. The number of hydrogen-bond donors (Lipinski definition) is 2. The molecule has 1 unspecified atom stereocenters. The van der Waals surface area contributed by atoms with Gasteiger partial charge >= 0.3 is 0 Å². The number of pyridine rings is 1. The van der Waals surface area contributed by atoms with E-state index in [0.717, 1.165) is 25.0 Å². The summed E-state index contributed by atoms with van der Waals surface area (Å²) in [7, 11) is 0. The highest BCUT2D eigenvalue weighted by atomic mass is 16.3. The lowest BCUT2D eigenvalue weighted by Crippen LogP contribution is -2.34. The summed E-state index contributed by atoms with van der Waals surface area (Å²) in [6.07, 6.45) is 5.39. The molecule has 1 heterocycles. The van der Waals surface area contributed by atoms with Crippen molar-refractivity contribution in [3.8, 4) is 0 Å². The fourth-order valence-electron chi connectivity index (χ4n) is 1.81. The number of aryl methyl sites for hydroxylation is 1. The van der Waals surface area contributed by atoms with Crippen LogP contribution in [0, 0.1) is 0 Å². The van der Waals surface area contributed by atoms with Crippen molar-refractivity contribution >= 4 is 5.91 Å². The Morgan fingerprint density at radius 2 is 2.33 bits per heavy atom. The Kier molecular flexibility index (Phi) is 7.03. The summed E-state index contributed by atoms with van der Waals surface area (Å²) >= 11 is 0. The van der Waals surface area contributed by atoms with E-state index in [4.69, 9.17) is 5.11 Å². The maximum atomic E-state index is 11.7. The predicted molar refractivity (Wildman–Crippen MR) is 71.1 cm³/mol. The second-order valence-electron chi connectivity index (χ2n) is 4.36. The molecule has 0 aliphatic heterocycles. The van der Waals surface area contributed by atoms with Crippen LogP contribution in [-0.4, -0.2) is 28.6 Å². The Morgan fingerprint density at radius 1 is 1.50 bits per heavy atom. The molecule has 0 spiro atoms. The Hall–Kier alpha value is -1.42. The highest BCUT2D eigenvalue weighted by Gasteiger charge is 2.09. The summed E-state index contributed by atoms with van der Waals surface area (Å²) in [5.41, 5.74) is 1.02. The van der Waals surface area contributed by atoms with Crippen molar-refractivity contribution in [1.29, 1.82) is 0 Å². The molecule has 1 atom stereocenters. The lowest BCUT2D eigenvalue weighted by atomic mass is 10.1. The predicted octanol–water partition coefficient (Wildman–Crippen LogP) is 1.68. The smallest absolute Gasteiger partial charge is 0.220 e. The zero-order valence-electron chi connectivity index (χ0n) is 10.9. The first-order chi connectivity index (χ1) is 8.76. The Morgan fingerprint density at radius 3 is 2.94 bits per heavy atom. The average molecular weight is 250 g/mol. The van der Waals surface area contributed by atoms with Gasteiger partial charge in [0.2, 0.25) is 5.91 Å². The third-order valence-electron chi connectivity index (χ3n) is 2.90. The summed E-state index contributed by atoms with van der Waals surface area (Å²) in [6, 6.07) is 5.91. The fraction of sp³-hybridized carbons (Fsp3) is 0.571. The normalized spacial score (nSPS) is 12.1. The fourth-order valence-corrected chi connectivity index (χ4v) is 1.81. The van der Waals surface area contributed by atoms with Crippen LogP contribution in [0.15, 0.2) is 24.4 Å². The van der Waals surface area contributed by atoms with Gasteiger partial charge in [0.15, 0.2) is 0 Å². The number of carbonyl (C=O) groups is 1. The van der Waals surface area contributed by atoms with E-state index in [-0.39, 0.29) is 18.6 Å². The van der Waals surface area contributed by atoms with Gasteiger partial charge in [0.25, 0.3) is 0 Å². The van der Waals surface area contributed by atoms with Gasteiger partial charge in [-0.25, -0.2) is 0 Å². The van der Waals surface area contributed by atoms with Crippen LogP contribution in [0.4, 0.5) is 0 Å². The van der Waals surface area contributed by atoms with Crippen molar-refractivity contribution in [2.75, 3.05) is 6.61 Å². The molecule has 4 heteroatoms. The zero-order chi connectivity index (χ0) is 13.2. The van der Waals surface area contributed by atoms with Crippen molar-refractivity contribution < 1.29 is 9.90 Å². The van der Waals surface area contributed by atoms with E-state index in [9.17, 15) is 4.79 Å². The summed E-state index contributed by atoms with van der Waals surface area (Å²) in [4.78, 5) is 15.9. The van der Waals surface area contributed by atoms with Crippen LogP contribution in [0.2, 0.25) is 0 Å². The topological polar surface area (TPSA) is 62.2 Å². The number of amides is 1. The third kappa shape index (κ3) is 5.77. The highest BCUT2D eigenvalue weighted by Crippen LogP contribution is 2.03. The van der Waals surface area contributed by atoms with E-state index < -0.39 is 0 Å². The molecule has 18 heavy (non-hydrogen) atoms. The van der Waals surface area contributed by atoms with Crippen molar-refractivity contribution in [3.63, 3.8) is 0 Å². The van der Waals surface area contributed by atoms with Crippen molar-refractivity contribution in [2.24, 2.45) is 0 Å². The molecule has 0 saturated heterocycles. The van der Waals surface area contributed by atoms with E-state index in [1.54, 1.807) is 6.20 Å². The van der Waals surface area contributed by atoms with E-state index in [0.29, 0.717) is 12.8 Å². The third-order valence-corrected chi connectivity index (χ3v) is 2.90. The first kappa shape index (κ1) is 14.6. The quantitative estimate of drug-likeness (QED) is 0.738. The highest BCUT2D eigenvalue weighted by molar-refractivity contribution is 5.76. The molecule has 1 amide bonds. The SMILES string of the molecule is CCC(CCO)NC(=O)CCCc1ccccn1. The lowest BCUT2D eigenvalue weighted by Gasteiger charge is -2.15. The summed E-state index contributed by atoms with van der Waals surface area (Å²) in [5.74, 6) is 0.0613. The zero-order valence-corrected chi connectivity index (χ0v) is 10.9. The first-order valence-electron chi connectivity index (χ1n) is 6.56. The largest absolute Gasteiger partial charge is 0.396 e. The van der Waals surface area contributed by atoms with Crippen molar-refractivity contribution in [1.82, 2.24) is 10.3 Å². The van der Waals surface area contributed by atoms with Crippen LogP contribution in [0.3, 0.4) is 0 Å². The Labute approximate surface area is 108 Å². The molecule has 1 aromatic rings. The molecular weight excluding hydrogens is 228 g/mol. The molecule has 0 aliphatic carbocycles. The minimum atomic E-state index is 0.0613. The number of nitrogens with one attached hydrogen (secondary N) is 1. The van der Waals surface area contributed by atoms with Gasteiger partial charge in [-0.05, 0) is 37.8 Å². The maximum absolute atomic E-state index is 11.7. The molecule has 0 aromatic carbocycles. The molecule has 100 valence electrons. The van der Waals surface area contributed by atoms with Crippen LogP contribution >= 0.6 is 0 Å². The number of rotatable bonds is 8. The van der Waals surface area contributed by atoms with Gasteiger partial charge in [0.1, 0.15) is 0 Å². The summed E-state index contributed by atoms with van der Waals surface area (Å²) < 4.78 is 0. The molecule has 0 saturated carbocycles. The Bertz CT molecular complexity index is 341. The van der Waals surface area contributed by atoms with E-state index in [1.807, 2.05) is 25.1 Å². The van der Waals surface area contributed by atoms with Crippen LogP contribution in [0.1, 0.15) is 38.3 Å². The molecular formula is C14H22N2O2. The van der Waals surface area contributed by atoms with Gasteiger partial charge in [-0.2, -0.15) is 0 Å². The number of aliphatic hydroxyl groups excluding tert-OH is 1. The number of carbonyl (C=O) groups excluding carboxylic acids is 1. The van der Waals surface area contributed by atoms with Gasteiger partial charge in [-0.15, -0.1) is 0 Å². The van der Waals surface area contributed by atoms with E-state index in [1.165, 1.54) is 0 Å². The minimum Gasteiger partial charge on any atom is -0.396 e. The standard InChI is InChI=1S/C14H22N2O2/c1-2-12(9-11-17)16-14(18)8-5-7-13-6-3-4-10-15-13/h3-4,6,10,12,17H,2,5,7-9,11H2,1H3,(H,16,18). The molecule has 0 bridgehead atoms. The molecule has 1 aromatic heterocycles. The minimum absolute atomic E-state index is 0.0613. The molecule has 0 radical (unpaired) electrons. The number of hydrogen-bond acceptors (Lipinski definition) is 3. The second-order valence-corrected chi connectivity index (χ2v) is 4.36. The average Bonchev–Trinajstić information content (AvgIpc) is 2.39. The van der Waals surface area contributed by atoms with Crippen molar-refractivity contribution in [3.05, 3.63) is 30.1 Å². The summed E-state index contributed by atoms with van der Waals surface area (Å²) in [5, 5.41) is 11.8. The molecule has 0 fully saturated rings. The van der Waals surface area contributed by atoms with Crippen LogP contribution in [0.25, 0.3) is 0 Å². The Balaban J connectivity index is 2.20. The van der Waals surface area contributed by atoms with Gasteiger partial charge in [0, 0.05) is 31.0 Å². The second kappa shape index (κ2) is 8.64. The van der Waals surface area contributed by atoms with E-state index in [2.05, 4.69) is 10.3 Å². The van der Waals surface area contributed by atoms with Gasteiger partial charge < -0.3 is 10.4 Å². The maximum Gasteiger partial charge on any atom is 0.220 e. The first-order valence-corrected chi connectivity index (χ1v) is 6.56. The molecule has 1 rings (SSSR count). The molecule has 4 nitrogen and oxygen atoms in total. The van der Waals surface area contributed by atoms with E-state index >= 15 is 0 Å². The summed E-state index contributed by atoms with van der Waals surface area (Å²) in [6.45, 7) is 2.13. The van der Waals surface area contributed by atoms with Crippen LogP contribution < -0.4 is 5.32 Å². The lowest BCUT2D eigenvalue weighted by molar-refractivity contribution is -0.122. The monoisotopic (exact) mass is 250 g/mol. The van der Waals surface area contributed by atoms with Crippen molar-refractivity contribution in [2.45, 2.75) is 45.1 Å². The van der Waals surface area contributed by atoms with Crippen LogP contribution in [-0.2, 0) is 11.2 Å².